The van der Waals surface area contributed by atoms with E-state index in [0.717, 1.165) is 35.6 Å². The highest BCUT2D eigenvalue weighted by molar-refractivity contribution is 5.45. The molecule has 3 aromatic rings. The average molecular weight is 227 g/mol. The van der Waals surface area contributed by atoms with Gasteiger partial charge in [-0.2, -0.15) is 5.10 Å². The standard InChI is InChI=1S/C13H13N3O/c1-10-4-2-8-16-13(10)14-12(15-16)7-6-11-5-3-9-17-11/h2-5,8-9H,6-7H2,1H3. The zero-order valence-corrected chi connectivity index (χ0v) is 9.63. The Balaban J connectivity index is 1.84. The van der Waals surface area contributed by atoms with E-state index >= 15 is 0 Å². The second kappa shape index (κ2) is 4.05. The number of pyridine rings is 1. The molecule has 0 aliphatic rings. The summed E-state index contributed by atoms with van der Waals surface area (Å²) < 4.78 is 7.12. The molecule has 0 atom stereocenters. The van der Waals surface area contributed by atoms with Crippen molar-refractivity contribution in [2.24, 2.45) is 0 Å². The summed E-state index contributed by atoms with van der Waals surface area (Å²) in [6.45, 7) is 2.04. The average Bonchev–Trinajstić information content (AvgIpc) is 2.95. The van der Waals surface area contributed by atoms with Gasteiger partial charge in [-0.15, -0.1) is 0 Å². The van der Waals surface area contributed by atoms with Gasteiger partial charge < -0.3 is 4.42 Å². The maximum absolute atomic E-state index is 5.29. The Labute approximate surface area is 98.9 Å². The lowest BCUT2D eigenvalue weighted by atomic mass is 10.2. The first-order valence-electron chi connectivity index (χ1n) is 5.66. The molecule has 0 amide bonds. The van der Waals surface area contributed by atoms with Crippen molar-refractivity contribution in [1.29, 1.82) is 0 Å². The molecule has 0 aliphatic heterocycles. The SMILES string of the molecule is Cc1cccn2nc(CCc3ccco3)nc12. The minimum absolute atomic E-state index is 0.800. The molecule has 0 saturated heterocycles. The Hall–Kier alpha value is -2.10. The first kappa shape index (κ1) is 10.1. The summed E-state index contributed by atoms with van der Waals surface area (Å²) in [6.07, 6.45) is 5.25. The van der Waals surface area contributed by atoms with Crippen molar-refractivity contribution in [1.82, 2.24) is 14.6 Å². The number of nitrogens with zero attached hydrogens (tertiary/aromatic N) is 3. The fourth-order valence-electron chi connectivity index (χ4n) is 1.88. The lowest BCUT2D eigenvalue weighted by molar-refractivity contribution is 0.506. The van der Waals surface area contributed by atoms with Gasteiger partial charge in [0.2, 0.25) is 0 Å². The second-order valence-corrected chi connectivity index (χ2v) is 4.07. The van der Waals surface area contributed by atoms with Crippen molar-refractivity contribution in [3.63, 3.8) is 0 Å². The first-order valence-corrected chi connectivity index (χ1v) is 5.66. The molecule has 0 radical (unpaired) electrons. The van der Waals surface area contributed by atoms with Gasteiger partial charge >= 0.3 is 0 Å². The number of aryl methyl sites for hydroxylation is 3. The molecule has 0 N–H and O–H groups in total. The Bertz CT molecular complexity index is 625. The van der Waals surface area contributed by atoms with E-state index in [1.807, 2.05) is 41.9 Å². The predicted molar refractivity (Wildman–Crippen MR) is 63.8 cm³/mol. The van der Waals surface area contributed by atoms with E-state index in [2.05, 4.69) is 10.1 Å². The highest BCUT2D eigenvalue weighted by atomic mass is 16.3. The van der Waals surface area contributed by atoms with Gasteiger partial charge in [-0.3, -0.25) is 0 Å². The normalized spacial score (nSPS) is 11.1. The summed E-state index contributed by atoms with van der Waals surface area (Å²) in [5.74, 6) is 1.83. The van der Waals surface area contributed by atoms with Gasteiger partial charge in [0.05, 0.1) is 6.26 Å². The van der Waals surface area contributed by atoms with E-state index in [9.17, 15) is 0 Å². The van der Waals surface area contributed by atoms with Crippen LogP contribution in [0.2, 0.25) is 0 Å². The largest absolute Gasteiger partial charge is 0.469 e. The number of hydrogen-bond donors (Lipinski definition) is 0. The van der Waals surface area contributed by atoms with Gasteiger partial charge in [-0.05, 0) is 30.7 Å². The summed E-state index contributed by atoms with van der Waals surface area (Å²) in [6, 6.07) is 7.89. The van der Waals surface area contributed by atoms with Crippen molar-refractivity contribution < 1.29 is 4.42 Å². The summed E-state index contributed by atoms with van der Waals surface area (Å²) >= 11 is 0. The predicted octanol–water partition coefficient (Wildman–Crippen LogP) is 2.42. The van der Waals surface area contributed by atoms with Crippen LogP contribution >= 0.6 is 0 Å². The lowest BCUT2D eigenvalue weighted by Crippen LogP contribution is -1.93. The summed E-state index contributed by atoms with van der Waals surface area (Å²) in [5, 5.41) is 4.44. The van der Waals surface area contributed by atoms with Crippen LogP contribution in [0, 0.1) is 6.92 Å². The number of furan rings is 1. The number of hydrogen-bond acceptors (Lipinski definition) is 3. The topological polar surface area (TPSA) is 43.3 Å². The third-order valence-electron chi connectivity index (χ3n) is 2.78. The molecule has 0 spiro atoms. The maximum atomic E-state index is 5.29. The van der Waals surface area contributed by atoms with Gasteiger partial charge in [0.25, 0.3) is 0 Å². The van der Waals surface area contributed by atoms with E-state index in [0.29, 0.717) is 0 Å². The molecule has 0 saturated carbocycles. The van der Waals surface area contributed by atoms with E-state index in [1.54, 1.807) is 6.26 Å². The molecule has 0 aromatic carbocycles. The highest BCUT2D eigenvalue weighted by Crippen LogP contribution is 2.09. The minimum Gasteiger partial charge on any atom is -0.469 e. The zero-order chi connectivity index (χ0) is 11.7. The quantitative estimate of drug-likeness (QED) is 0.690. The van der Waals surface area contributed by atoms with E-state index in [-0.39, 0.29) is 0 Å². The van der Waals surface area contributed by atoms with Gasteiger partial charge in [-0.25, -0.2) is 9.50 Å². The van der Waals surface area contributed by atoms with Crippen molar-refractivity contribution in [3.05, 3.63) is 53.9 Å². The van der Waals surface area contributed by atoms with Crippen molar-refractivity contribution in [2.45, 2.75) is 19.8 Å². The van der Waals surface area contributed by atoms with Crippen LogP contribution in [0.15, 0.2) is 41.1 Å². The monoisotopic (exact) mass is 227 g/mol. The molecule has 86 valence electrons. The van der Waals surface area contributed by atoms with E-state index < -0.39 is 0 Å². The second-order valence-electron chi connectivity index (χ2n) is 4.07. The molecule has 0 fully saturated rings. The summed E-state index contributed by atoms with van der Waals surface area (Å²) in [4.78, 5) is 4.52. The van der Waals surface area contributed by atoms with Gasteiger partial charge in [0.1, 0.15) is 5.76 Å². The van der Waals surface area contributed by atoms with Crippen LogP contribution in [0.3, 0.4) is 0 Å². The smallest absolute Gasteiger partial charge is 0.158 e. The van der Waals surface area contributed by atoms with Crippen LogP contribution in [0.1, 0.15) is 17.1 Å². The Morgan fingerprint density at radius 3 is 2.94 bits per heavy atom. The van der Waals surface area contributed by atoms with Crippen LogP contribution < -0.4 is 0 Å². The number of aromatic nitrogens is 3. The Morgan fingerprint density at radius 1 is 1.24 bits per heavy atom. The van der Waals surface area contributed by atoms with E-state index in [4.69, 9.17) is 4.42 Å². The van der Waals surface area contributed by atoms with Crippen molar-refractivity contribution in [2.75, 3.05) is 0 Å². The molecule has 0 bridgehead atoms. The fourth-order valence-corrected chi connectivity index (χ4v) is 1.88. The molecule has 3 heterocycles. The Kier molecular flexibility index (Phi) is 2.40. The van der Waals surface area contributed by atoms with E-state index in [1.165, 1.54) is 0 Å². The molecule has 17 heavy (non-hydrogen) atoms. The molecule has 3 aromatic heterocycles. The third-order valence-corrected chi connectivity index (χ3v) is 2.78. The fraction of sp³-hybridized carbons (Fsp3) is 0.231. The third kappa shape index (κ3) is 1.93. The van der Waals surface area contributed by atoms with Crippen molar-refractivity contribution >= 4 is 5.65 Å². The maximum Gasteiger partial charge on any atom is 0.158 e. The molecule has 4 nitrogen and oxygen atoms in total. The highest BCUT2D eigenvalue weighted by Gasteiger charge is 2.06. The number of rotatable bonds is 3. The van der Waals surface area contributed by atoms with Crippen LogP contribution in [-0.4, -0.2) is 14.6 Å². The molecular weight excluding hydrogens is 214 g/mol. The van der Waals surface area contributed by atoms with Gasteiger partial charge in [0.15, 0.2) is 11.5 Å². The van der Waals surface area contributed by atoms with Crippen molar-refractivity contribution in [3.8, 4) is 0 Å². The molecule has 4 heteroatoms. The van der Waals surface area contributed by atoms with Gasteiger partial charge in [0, 0.05) is 19.0 Å². The summed E-state index contributed by atoms with van der Waals surface area (Å²) in [7, 11) is 0. The van der Waals surface area contributed by atoms with Crippen LogP contribution in [0.4, 0.5) is 0 Å². The van der Waals surface area contributed by atoms with Crippen LogP contribution in [0.5, 0.6) is 0 Å². The Morgan fingerprint density at radius 2 is 2.18 bits per heavy atom. The van der Waals surface area contributed by atoms with Crippen LogP contribution in [-0.2, 0) is 12.8 Å². The number of fused-ring (bicyclic) bond motifs is 1. The summed E-state index contributed by atoms with van der Waals surface area (Å²) in [5.41, 5.74) is 2.08. The molecular formula is C13H13N3O. The minimum atomic E-state index is 0.800. The first-order chi connectivity index (χ1) is 8.33. The molecule has 0 unspecified atom stereocenters. The van der Waals surface area contributed by atoms with Crippen LogP contribution in [0.25, 0.3) is 5.65 Å². The lowest BCUT2D eigenvalue weighted by Gasteiger charge is -1.92. The molecule has 3 rings (SSSR count). The molecule has 0 aliphatic carbocycles. The zero-order valence-electron chi connectivity index (χ0n) is 9.63. The van der Waals surface area contributed by atoms with Gasteiger partial charge in [-0.1, -0.05) is 6.07 Å².